The summed E-state index contributed by atoms with van der Waals surface area (Å²) in [5.41, 5.74) is 3.21. The Bertz CT molecular complexity index is 548. The van der Waals surface area contributed by atoms with Crippen LogP contribution in [0.25, 0.3) is 0 Å². The second kappa shape index (κ2) is 6.19. The van der Waals surface area contributed by atoms with Crippen molar-refractivity contribution in [3.63, 3.8) is 0 Å². The molecule has 0 heterocycles. The average molecular weight is 253 g/mol. The molecule has 0 aliphatic carbocycles. The van der Waals surface area contributed by atoms with E-state index in [9.17, 15) is 4.79 Å². The highest BCUT2D eigenvalue weighted by Gasteiger charge is 2.11. The summed E-state index contributed by atoms with van der Waals surface area (Å²) in [5.74, 6) is 0.285. The zero-order valence-electron chi connectivity index (χ0n) is 11.4. The molecule has 0 radical (unpaired) electrons. The monoisotopic (exact) mass is 253 g/mol. The second-order valence-corrected chi connectivity index (χ2v) is 4.93. The van der Waals surface area contributed by atoms with Crippen LogP contribution in [0.5, 0.6) is 0 Å². The number of carbonyl (C=O) groups is 1. The first-order valence-corrected chi connectivity index (χ1v) is 6.56. The summed E-state index contributed by atoms with van der Waals surface area (Å²) in [4.78, 5) is 12.0. The minimum atomic E-state index is 0.0574. The fourth-order valence-electron chi connectivity index (χ4n) is 2.11. The minimum Gasteiger partial charge on any atom is -0.326 e. The van der Waals surface area contributed by atoms with E-state index in [4.69, 9.17) is 0 Å². The van der Waals surface area contributed by atoms with E-state index in [1.807, 2.05) is 49.4 Å². The van der Waals surface area contributed by atoms with Crippen molar-refractivity contribution in [1.82, 2.24) is 0 Å². The van der Waals surface area contributed by atoms with Crippen molar-refractivity contribution in [2.75, 3.05) is 5.32 Å². The summed E-state index contributed by atoms with van der Waals surface area (Å²) < 4.78 is 0. The zero-order chi connectivity index (χ0) is 13.7. The second-order valence-electron chi connectivity index (χ2n) is 4.93. The van der Waals surface area contributed by atoms with Crippen LogP contribution >= 0.6 is 0 Å². The topological polar surface area (TPSA) is 29.1 Å². The van der Waals surface area contributed by atoms with Crippen LogP contribution in [0.15, 0.2) is 54.6 Å². The molecule has 98 valence electrons. The molecule has 0 unspecified atom stereocenters. The van der Waals surface area contributed by atoms with Crippen molar-refractivity contribution in [3.05, 3.63) is 65.7 Å². The number of amides is 1. The van der Waals surface area contributed by atoms with E-state index in [0.717, 1.165) is 11.3 Å². The average Bonchev–Trinajstić information content (AvgIpc) is 2.39. The molecule has 2 aromatic carbocycles. The van der Waals surface area contributed by atoms with Gasteiger partial charge in [-0.25, -0.2) is 0 Å². The highest BCUT2D eigenvalue weighted by Crippen LogP contribution is 2.19. The van der Waals surface area contributed by atoms with Crippen LogP contribution in [0.1, 0.15) is 30.4 Å². The SMILES string of the molecule is Cc1cccc(NC(=O)C[C@H](C)c2ccccc2)c1. The summed E-state index contributed by atoms with van der Waals surface area (Å²) in [7, 11) is 0. The summed E-state index contributed by atoms with van der Waals surface area (Å²) in [6, 6.07) is 18.0. The van der Waals surface area contributed by atoms with Crippen LogP contribution in [0.4, 0.5) is 5.69 Å². The van der Waals surface area contributed by atoms with Crippen LogP contribution < -0.4 is 5.32 Å². The molecule has 0 saturated heterocycles. The van der Waals surface area contributed by atoms with E-state index in [1.54, 1.807) is 0 Å². The Kier molecular flexibility index (Phi) is 4.35. The molecule has 19 heavy (non-hydrogen) atoms. The number of carbonyl (C=O) groups excluding carboxylic acids is 1. The maximum Gasteiger partial charge on any atom is 0.224 e. The van der Waals surface area contributed by atoms with Crippen LogP contribution in [0, 0.1) is 6.92 Å². The smallest absolute Gasteiger partial charge is 0.224 e. The predicted molar refractivity (Wildman–Crippen MR) is 79.3 cm³/mol. The fourth-order valence-corrected chi connectivity index (χ4v) is 2.11. The minimum absolute atomic E-state index is 0.0574. The Morgan fingerprint density at radius 2 is 1.84 bits per heavy atom. The molecular formula is C17H19NO. The lowest BCUT2D eigenvalue weighted by Gasteiger charge is -2.12. The van der Waals surface area contributed by atoms with E-state index in [2.05, 4.69) is 24.4 Å². The van der Waals surface area contributed by atoms with Gasteiger partial charge >= 0.3 is 0 Å². The highest BCUT2D eigenvalue weighted by molar-refractivity contribution is 5.91. The van der Waals surface area contributed by atoms with Crippen molar-refractivity contribution in [3.8, 4) is 0 Å². The van der Waals surface area contributed by atoms with E-state index < -0.39 is 0 Å². The third-order valence-electron chi connectivity index (χ3n) is 3.16. The molecule has 1 N–H and O–H groups in total. The van der Waals surface area contributed by atoms with Gasteiger partial charge in [-0.15, -0.1) is 0 Å². The highest BCUT2D eigenvalue weighted by atomic mass is 16.1. The Hall–Kier alpha value is -2.09. The van der Waals surface area contributed by atoms with Gasteiger partial charge in [-0.05, 0) is 36.1 Å². The molecule has 0 spiro atoms. The van der Waals surface area contributed by atoms with Gasteiger partial charge in [-0.1, -0.05) is 49.4 Å². The molecule has 0 bridgehead atoms. The largest absolute Gasteiger partial charge is 0.326 e. The number of aryl methyl sites for hydroxylation is 1. The fraction of sp³-hybridized carbons (Fsp3) is 0.235. The molecule has 2 heteroatoms. The van der Waals surface area contributed by atoms with Crippen molar-refractivity contribution in [1.29, 1.82) is 0 Å². The summed E-state index contributed by atoms with van der Waals surface area (Å²) in [6.07, 6.45) is 0.498. The molecule has 1 amide bonds. The molecule has 1 atom stereocenters. The van der Waals surface area contributed by atoms with Crippen LogP contribution in [0.2, 0.25) is 0 Å². The maximum absolute atomic E-state index is 12.0. The lowest BCUT2D eigenvalue weighted by Crippen LogP contribution is -2.14. The van der Waals surface area contributed by atoms with Gasteiger partial charge in [0.15, 0.2) is 0 Å². The molecule has 0 aromatic heterocycles. The number of rotatable bonds is 4. The van der Waals surface area contributed by atoms with Crippen molar-refractivity contribution in [2.45, 2.75) is 26.2 Å². The van der Waals surface area contributed by atoms with Crippen LogP contribution in [0.3, 0.4) is 0 Å². The quantitative estimate of drug-likeness (QED) is 0.872. The molecule has 0 aliphatic heterocycles. The van der Waals surface area contributed by atoms with Crippen LogP contribution in [-0.2, 0) is 4.79 Å². The Morgan fingerprint density at radius 1 is 1.11 bits per heavy atom. The summed E-state index contributed by atoms with van der Waals surface area (Å²) >= 11 is 0. The van der Waals surface area contributed by atoms with E-state index in [0.29, 0.717) is 6.42 Å². The lowest BCUT2D eigenvalue weighted by molar-refractivity contribution is -0.116. The van der Waals surface area contributed by atoms with Gasteiger partial charge in [0.05, 0.1) is 0 Å². The summed E-state index contributed by atoms with van der Waals surface area (Å²) in [6.45, 7) is 4.09. The maximum atomic E-state index is 12.0. The molecule has 0 aliphatic rings. The van der Waals surface area contributed by atoms with Gasteiger partial charge in [0.25, 0.3) is 0 Å². The standard InChI is InChI=1S/C17H19NO/c1-13-7-6-10-16(11-13)18-17(19)12-14(2)15-8-4-3-5-9-15/h3-11,14H,12H2,1-2H3,(H,18,19)/t14-/m0/s1. The first-order valence-electron chi connectivity index (χ1n) is 6.56. The molecule has 0 saturated carbocycles. The Balaban J connectivity index is 1.95. The van der Waals surface area contributed by atoms with Crippen LogP contribution in [-0.4, -0.2) is 5.91 Å². The van der Waals surface area contributed by atoms with E-state index in [-0.39, 0.29) is 11.8 Å². The molecule has 2 aromatic rings. The van der Waals surface area contributed by atoms with Crippen molar-refractivity contribution in [2.24, 2.45) is 0 Å². The number of nitrogens with one attached hydrogen (secondary N) is 1. The van der Waals surface area contributed by atoms with Gasteiger partial charge < -0.3 is 5.32 Å². The number of anilines is 1. The third kappa shape index (κ3) is 3.95. The van der Waals surface area contributed by atoms with E-state index in [1.165, 1.54) is 5.56 Å². The Labute approximate surface area is 114 Å². The Morgan fingerprint density at radius 3 is 2.53 bits per heavy atom. The molecular weight excluding hydrogens is 234 g/mol. The lowest BCUT2D eigenvalue weighted by atomic mass is 9.97. The zero-order valence-corrected chi connectivity index (χ0v) is 11.4. The van der Waals surface area contributed by atoms with Crippen molar-refractivity contribution < 1.29 is 4.79 Å². The number of hydrogen-bond donors (Lipinski definition) is 1. The first-order chi connectivity index (χ1) is 9.15. The van der Waals surface area contributed by atoms with Gasteiger partial charge in [0, 0.05) is 12.1 Å². The van der Waals surface area contributed by atoms with Gasteiger partial charge in [-0.2, -0.15) is 0 Å². The number of hydrogen-bond acceptors (Lipinski definition) is 1. The predicted octanol–water partition coefficient (Wildman–Crippen LogP) is 4.13. The van der Waals surface area contributed by atoms with Gasteiger partial charge in [0.2, 0.25) is 5.91 Å². The van der Waals surface area contributed by atoms with Gasteiger partial charge in [-0.3, -0.25) is 4.79 Å². The normalized spacial score (nSPS) is 11.9. The van der Waals surface area contributed by atoms with E-state index >= 15 is 0 Å². The van der Waals surface area contributed by atoms with Crippen molar-refractivity contribution >= 4 is 11.6 Å². The van der Waals surface area contributed by atoms with Gasteiger partial charge in [0.1, 0.15) is 0 Å². The molecule has 2 nitrogen and oxygen atoms in total. The first kappa shape index (κ1) is 13.3. The molecule has 2 rings (SSSR count). The number of benzene rings is 2. The third-order valence-corrected chi connectivity index (χ3v) is 3.16. The summed E-state index contributed by atoms with van der Waals surface area (Å²) in [5, 5.41) is 2.94. The molecule has 0 fully saturated rings.